The lowest BCUT2D eigenvalue weighted by Crippen LogP contribution is -2.39. The quantitative estimate of drug-likeness (QED) is 0.884. The molecular formula is C14H22N2S. The molecule has 94 valence electrons. The molecule has 1 aliphatic heterocycles. The molecular weight excluding hydrogens is 228 g/mol. The Balaban J connectivity index is 2.24. The normalized spacial score (nSPS) is 19.2. The third-order valence-electron chi connectivity index (χ3n) is 3.52. The maximum Gasteiger partial charge on any atom is 0.0537 e. The summed E-state index contributed by atoms with van der Waals surface area (Å²) in [6, 6.07) is 7.36. The van der Waals surface area contributed by atoms with Crippen LogP contribution in [-0.4, -0.2) is 32.4 Å². The van der Waals surface area contributed by atoms with Crippen molar-refractivity contribution in [2.75, 3.05) is 31.3 Å². The van der Waals surface area contributed by atoms with E-state index in [-0.39, 0.29) is 0 Å². The summed E-state index contributed by atoms with van der Waals surface area (Å²) in [5.74, 6) is 1.21. The van der Waals surface area contributed by atoms with Crippen molar-refractivity contribution < 1.29 is 0 Å². The molecule has 0 spiro atoms. The van der Waals surface area contributed by atoms with Gasteiger partial charge in [0.25, 0.3) is 0 Å². The third kappa shape index (κ3) is 2.61. The predicted molar refractivity (Wildman–Crippen MR) is 77.3 cm³/mol. The van der Waals surface area contributed by atoms with Crippen LogP contribution in [-0.2, 0) is 6.42 Å². The average molecular weight is 250 g/mol. The molecule has 1 atom stereocenters. The zero-order valence-electron chi connectivity index (χ0n) is 11.0. The fraction of sp³-hybridized carbons (Fsp3) is 0.571. The highest BCUT2D eigenvalue weighted by molar-refractivity contribution is 7.99. The lowest BCUT2D eigenvalue weighted by Gasteiger charge is -2.37. The van der Waals surface area contributed by atoms with Gasteiger partial charge >= 0.3 is 0 Å². The summed E-state index contributed by atoms with van der Waals surface area (Å²) in [5, 5.41) is 3.25. The van der Waals surface area contributed by atoms with Gasteiger partial charge in [-0.2, -0.15) is 0 Å². The smallest absolute Gasteiger partial charge is 0.0537 e. The van der Waals surface area contributed by atoms with Gasteiger partial charge in [0.15, 0.2) is 0 Å². The Morgan fingerprint density at radius 3 is 3.00 bits per heavy atom. The summed E-state index contributed by atoms with van der Waals surface area (Å²) in [4.78, 5) is 3.94. The summed E-state index contributed by atoms with van der Waals surface area (Å²) in [6.45, 7) is 3.34. The summed E-state index contributed by atoms with van der Waals surface area (Å²) < 4.78 is 0. The minimum atomic E-state index is 0.660. The molecule has 1 heterocycles. The molecule has 0 aromatic heterocycles. The minimum absolute atomic E-state index is 0.660. The molecule has 2 rings (SSSR count). The molecule has 3 heteroatoms. The Hall–Kier alpha value is -0.670. The van der Waals surface area contributed by atoms with Gasteiger partial charge in [-0.15, -0.1) is 11.8 Å². The summed E-state index contributed by atoms with van der Waals surface area (Å²) in [6.07, 6.45) is 2.34. The van der Waals surface area contributed by atoms with Gasteiger partial charge in [-0.05, 0) is 38.1 Å². The molecule has 0 fully saturated rings. The van der Waals surface area contributed by atoms with Crippen LogP contribution in [0.3, 0.4) is 0 Å². The molecule has 0 bridgehead atoms. The first kappa shape index (κ1) is 12.8. The zero-order chi connectivity index (χ0) is 12.3. The topological polar surface area (TPSA) is 15.3 Å². The standard InChI is InChI=1S/C14H22N2S/c1-4-11-6-5-7-13-14(11)16(3)12(10-17-13)8-9-15-2/h5-7,12,15H,4,8-10H2,1-3H3. The van der Waals surface area contributed by atoms with E-state index in [1.54, 1.807) is 0 Å². The van der Waals surface area contributed by atoms with Crippen molar-refractivity contribution in [2.24, 2.45) is 0 Å². The minimum Gasteiger partial charge on any atom is -0.370 e. The van der Waals surface area contributed by atoms with Crippen LogP contribution in [0.25, 0.3) is 0 Å². The second kappa shape index (κ2) is 5.78. The molecule has 0 saturated carbocycles. The van der Waals surface area contributed by atoms with Crippen LogP contribution in [0.4, 0.5) is 5.69 Å². The van der Waals surface area contributed by atoms with Crippen LogP contribution in [0.1, 0.15) is 18.9 Å². The molecule has 1 aliphatic rings. The fourth-order valence-corrected chi connectivity index (χ4v) is 3.79. The number of para-hydroxylation sites is 1. The number of hydrogen-bond donors (Lipinski definition) is 1. The highest BCUT2D eigenvalue weighted by Crippen LogP contribution is 2.39. The van der Waals surface area contributed by atoms with Crippen molar-refractivity contribution in [1.29, 1.82) is 0 Å². The summed E-state index contributed by atoms with van der Waals surface area (Å²) in [5.41, 5.74) is 2.94. The fourth-order valence-electron chi connectivity index (χ4n) is 2.44. The van der Waals surface area contributed by atoms with Gasteiger partial charge in [-0.25, -0.2) is 0 Å². The highest BCUT2D eigenvalue weighted by Gasteiger charge is 2.24. The lowest BCUT2D eigenvalue weighted by molar-refractivity contribution is 0.597. The van der Waals surface area contributed by atoms with Crippen molar-refractivity contribution >= 4 is 17.4 Å². The van der Waals surface area contributed by atoms with E-state index in [1.807, 2.05) is 18.8 Å². The van der Waals surface area contributed by atoms with Crippen LogP contribution in [0.2, 0.25) is 0 Å². The monoisotopic (exact) mass is 250 g/mol. The van der Waals surface area contributed by atoms with E-state index in [0.717, 1.165) is 13.0 Å². The number of nitrogens with one attached hydrogen (secondary N) is 1. The Kier molecular flexibility index (Phi) is 4.35. The van der Waals surface area contributed by atoms with E-state index in [2.05, 4.69) is 42.4 Å². The average Bonchev–Trinajstić information content (AvgIpc) is 2.37. The number of thioether (sulfide) groups is 1. The van der Waals surface area contributed by atoms with Crippen LogP contribution < -0.4 is 10.2 Å². The second-order valence-corrected chi connectivity index (χ2v) is 5.65. The van der Waals surface area contributed by atoms with Crippen LogP contribution >= 0.6 is 11.8 Å². The third-order valence-corrected chi connectivity index (χ3v) is 4.71. The molecule has 1 unspecified atom stereocenters. The van der Waals surface area contributed by atoms with Gasteiger partial charge in [-0.3, -0.25) is 0 Å². The van der Waals surface area contributed by atoms with Crippen LogP contribution in [0.15, 0.2) is 23.1 Å². The number of anilines is 1. The van der Waals surface area contributed by atoms with Crippen LogP contribution in [0.5, 0.6) is 0 Å². The number of rotatable bonds is 4. The van der Waals surface area contributed by atoms with E-state index >= 15 is 0 Å². The Bertz CT molecular complexity index is 364. The van der Waals surface area contributed by atoms with Gasteiger partial charge in [-0.1, -0.05) is 19.1 Å². The number of hydrogen-bond acceptors (Lipinski definition) is 3. The number of benzene rings is 1. The van der Waals surface area contributed by atoms with E-state index in [1.165, 1.54) is 28.3 Å². The van der Waals surface area contributed by atoms with Gasteiger partial charge in [0, 0.05) is 23.7 Å². The van der Waals surface area contributed by atoms with Gasteiger partial charge in [0.2, 0.25) is 0 Å². The molecule has 0 amide bonds. The maximum absolute atomic E-state index is 3.25. The zero-order valence-corrected chi connectivity index (χ0v) is 11.8. The number of fused-ring (bicyclic) bond motifs is 1. The summed E-state index contributed by atoms with van der Waals surface area (Å²) in [7, 11) is 4.28. The first-order chi connectivity index (χ1) is 8.27. The Labute approximate surface area is 109 Å². The Morgan fingerprint density at radius 1 is 1.47 bits per heavy atom. The van der Waals surface area contributed by atoms with Crippen molar-refractivity contribution in [1.82, 2.24) is 5.32 Å². The molecule has 1 aromatic rings. The maximum atomic E-state index is 3.25. The first-order valence-corrected chi connectivity index (χ1v) is 7.38. The molecule has 0 radical (unpaired) electrons. The van der Waals surface area contributed by atoms with Crippen molar-refractivity contribution in [3.63, 3.8) is 0 Å². The van der Waals surface area contributed by atoms with E-state index in [9.17, 15) is 0 Å². The molecule has 2 nitrogen and oxygen atoms in total. The van der Waals surface area contributed by atoms with Crippen molar-refractivity contribution in [3.8, 4) is 0 Å². The van der Waals surface area contributed by atoms with E-state index in [4.69, 9.17) is 0 Å². The second-order valence-electron chi connectivity index (χ2n) is 4.59. The predicted octanol–water partition coefficient (Wildman–Crippen LogP) is 2.77. The van der Waals surface area contributed by atoms with Gasteiger partial charge in [0.1, 0.15) is 0 Å². The van der Waals surface area contributed by atoms with Crippen LogP contribution in [0, 0.1) is 0 Å². The molecule has 0 saturated heterocycles. The lowest BCUT2D eigenvalue weighted by atomic mass is 10.1. The highest BCUT2D eigenvalue weighted by atomic mass is 32.2. The molecule has 0 aliphatic carbocycles. The number of nitrogens with zero attached hydrogens (tertiary/aromatic N) is 1. The Morgan fingerprint density at radius 2 is 2.29 bits per heavy atom. The van der Waals surface area contributed by atoms with Gasteiger partial charge < -0.3 is 10.2 Å². The SMILES string of the molecule is CCc1cccc2c1N(C)C(CCNC)CS2. The van der Waals surface area contributed by atoms with E-state index in [0.29, 0.717) is 6.04 Å². The molecule has 1 aromatic carbocycles. The molecule has 1 N–H and O–H groups in total. The number of aryl methyl sites for hydroxylation is 1. The van der Waals surface area contributed by atoms with Crippen molar-refractivity contribution in [3.05, 3.63) is 23.8 Å². The summed E-state index contributed by atoms with van der Waals surface area (Å²) >= 11 is 2.01. The van der Waals surface area contributed by atoms with Crippen molar-refractivity contribution in [2.45, 2.75) is 30.7 Å². The molecule has 17 heavy (non-hydrogen) atoms. The van der Waals surface area contributed by atoms with E-state index < -0.39 is 0 Å². The largest absolute Gasteiger partial charge is 0.370 e. The van der Waals surface area contributed by atoms with Gasteiger partial charge in [0.05, 0.1) is 5.69 Å². The first-order valence-electron chi connectivity index (χ1n) is 6.40.